The van der Waals surface area contributed by atoms with Crippen molar-refractivity contribution in [1.29, 1.82) is 0 Å². The number of hydrogen-bond acceptors (Lipinski definition) is 3. The molecule has 1 aliphatic rings. The summed E-state index contributed by atoms with van der Waals surface area (Å²) in [6, 6.07) is 27.1. The van der Waals surface area contributed by atoms with Crippen LogP contribution in [0, 0.1) is 11.7 Å². The summed E-state index contributed by atoms with van der Waals surface area (Å²) in [6.45, 7) is 0.457. The summed E-state index contributed by atoms with van der Waals surface area (Å²) in [6.07, 6.45) is 1.31. The Bertz CT molecular complexity index is 1460. The minimum Gasteiger partial charge on any atom is -0.457 e. The van der Waals surface area contributed by atoms with Crippen molar-refractivity contribution < 1.29 is 18.7 Å². The number of carbonyl (C=O) groups excluding carboxylic acids is 2. The predicted octanol–water partition coefficient (Wildman–Crippen LogP) is 7.57. The van der Waals surface area contributed by atoms with Crippen LogP contribution >= 0.6 is 23.2 Å². The van der Waals surface area contributed by atoms with Crippen LogP contribution in [0.3, 0.4) is 0 Å². The number of halogens is 3. The van der Waals surface area contributed by atoms with Crippen LogP contribution in [-0.2, 0) is 22.4 Å². The van der Waals surface area contributed by atoms with Crippen molar-refractivity contribution in [3.8, 4) is 11.5 Å². The average molecular weight is 577 g/mol. The zero-order chi connectivity index (χ0) is 28.1. The molecule has 40 heavy (non-hydrogen) atoms. The maximum Gasteiger partial charge on any atom is 0.247 e. The molecule has 0 saturated carbocycles. The number of anilines is 1. The average Bonchev–Trinajstić information content (AvgIpc) is 3.38. The van der Waals surface area contributed by atoms with Crippen LogP contribution in [-0.4, -0.2) is 29.3 Å². The summed E-state index contributed by atoms with van der Waals surface area (Å²) in [4.78, 5) is 28.7. The largest absolute Gasteiger partial charge is 0.457 e. The van der Waals surface area contributed by atoms with Gasteiger partial charge in [-0.1, -0.05) is 59.6 Å². The highest BCUT2D eigenvalue weighted by atomic mass is 35.5. The van der Waals surface area contributed by atoms with Gasteiger partial charge < -0.3 is 15.0 Å². The maximum absolute atomic E-state index is 13.5. The van der Waals surface area contributed by atoms with E-state index in [0.717, 1.165) is 12.0 Å². The molecule has 4 aromatic carbocycles. The molecule has 0 unspecified atom stereocenters. The summed E-state index contributed by atoms with van der Waals surface area (Å²) < 4.78 is 18.9. The molecule has 0 aliphatic carbocycles. The first-order valence-corrected chi connectivity index (χ1v) is 13.7. The molecular weight excluding hydrogens is 550 g/mol. The van der Waals surface area contributed by atoms with E-state index in [2.05, 4.69) is 17.4 Å². The number of rotatable bonds is 8. The van der Waals surface area contributed by atoms with Crippen molar-refractivity contribution in [3.63, 3.8) is 0 Å². The van der Waals surface area contributed by atoms with Gasteiger partial charge in [0.1, 0.15) is 23.4 Å². The van der Waals surface area contributed by atoms with E-state index >= 15 is 0 Å². The second-order valence-corrected chi connectivity index (χ2v) is 10.6. The third-order valence-electron chi connectivity index (χ3n) is 6.94. The van der Waals surface area contributed by atoms with Gasteiger partial charge in [-0.25, -0.2) is 4.39 Å². The molecule has 2 atom stereocenters. The van der Waals surface area contributed by atoms with Gasteiger partial charge in [-0.15, -0.1) is 0 Å². The van der Waals surface area contributed by atoms with Gasteiger partial charge in [0.25, 0.3) is 0 Å². The minimum atomic E-state index is -0.641. The number of ether oxygens (including phenoxy) is 1. The first-order valence-electron chi connectivity index (χ1n) is 13.0. The van der Waals surface area contributed by atoms with E-state index in [1.165, 1.54) is 12.1 Å². The Kier molecular flexibility index (Phi) is 8.68. The number of carbonyl (C=O) groups is 2. The van der Waals surface area contributed by atoms with E-state index in [4.69, 9.17) is 27.9 Å². The van der Waals surface area contributed by atoms with Crippen molar-refractivity contribution in [2.75, 3.05) is 11.9 Å². The fourth-order valence-electron chi connectivity index (χ4n) is 4.97. The van der Waals surface area contributed by atoms with Crippen LogP contribution in [0.25, 0.3) is 0 Å². The second-order valence-electron chi connectivity index (χ2n) is 9.80. The zero-order valence-corrected chi connectivity index (χ0v) is 23.0. The van der Waals surface area contributed by atoms with E-state index in [1.54, 1.807) is 59.5 Å². The molecule has 1 heterocycles. The normalized spacial score (nSPS) is 16.5. The smallest absolute Gasteiger partial charge is 0.247 e. The maximum atomic E-state index is 13.5. The molecule has 0 radical (unpaired) electrons. The minimum absolute atomic E-state index is 0.00969. The molecule has 1 fully saturated rings. The number of likely N-dealkylation sites (tertiary alicyclic amines) is 1. The number of benzene rings is 4. The highest BCUT2D eigenvalue weighted by Crippen LogP contribution is 2.31. The third kappa shape index (κ3) is 6.82. The van der Waals surface area contributed by atoms with Crippen molar-refractivity contribution in [3.05, 3.63) is 124 Å². The molecule has 5 rings (SSSR count). The molecule has 5 nitrogen and oxygen atoms in total. The SMILES string of the molecule is O=C(Nc1ccc(Oc2ccc(F)cc2)cc1)[C@@H]1C[C@@H](Cc2ccccc2)CN1C(=O)Cc1c(Cl)cccc1Cl. The van der Waals surface area contributed by atoms with E-state index in [-0.39, 0.29) is 30.0 Å². The Morgan fingerprint density at radius 3 is 2.12 bits per heavy atom. The standard InChI is InChI=1S/C32H27Cl2FN2O3/c33-28-7-4-8-29(34)27(28)19-31(38)37-20-22(17-21-5-2-1-3-6-21)18-30(37)32(39)36-24-11-15-26(16-12-24)40-25-13-9-23(35)10-14-25/h1-16,22,30H,17-20H2,(H,36,39)/t22-,30+/m1/s1. The Morgan fingerprint density at radius 2 is 1.48 bits per heavy atom. The first kappa shape index (κ1) is 27.7. The molecule has 2 amide bonds. The van der Waals surface area contributed by atoms with Gasteiger partial charge in [-0.05, 0) is 90.6 Å². The van der Waals surface area contributed by atoms with Crippen molar-refractivity contribution in [2.45, 2.75) is 25.3 Å². The zero-order valence-electron chi connectivity index (χ0n) is 21.5. The summed E-state index contributed by atoms with van der Waals surface area (Å²) in [5.41, 5.74) is 2.29. The molecule has 1 N–H and O–H groups in total. The molecule has 4 aromatic rings. The molecule has 204 valence electrons. The van der Waals surface area contributed by atoms with Crippen molar-refractivity contribution in [2.24, 2.45) is 5.92 Å². The van der Waals surface area contributed by atoms with Gasteiger partial charge in [-0.3, -0.25) is 9.59 Å². The van der Waals surface area contributed by atoms with E-state index in [9.17, 15) is 14.0 Å². The highest BCUT2D eigenvalue weighted by molar-refractivity contribution is 6.36. The van der Waals surface area contributed by atoms with Crippen LogP contribution < -0.4 is 10.1 Å². The lowest BCUT2D eigenvalue weighted by molar-refractivity contribution is -0.136. The molecule has 1 saturated heterocycles. The summed E-state index contributed by atoms with van der Waals surface area (Å²) >= 11 is 12.7. The molecule has 0 bridgehead atoms. The van der Waals surface area contributed by atoms with E-state index < -0.39 is 6.04 Å². The van der Waals surface area contributed by atoms with Gasteiger partial charge in [0.2, 0.25) is 11.8 Å². The lowest BCUT2D eigenvalue weighted by Gasteiger charge is -2.24. The Morgan fingerprint density at radius 1 is 0.850 bits per heavy atom. The second kappa shape index (κ2) is 12.5. The highest BCUT2D eigenvalue weighted by Gasteiger charge is 2.39. The molecule has 8 heteroatoms. The summed E-state index contributed by atoms with van der Waals surface area (Å²) in [7, 11) is 0. The van der Waals surface area contributed by atoms with Crippen LogP contribution in [0.2, 0.25) is 10.0 Å². The monoisotopic (exact) mass is 576 g/mol. The predicted molar refractivity (Wildman–Crippen MR) is 155 cm³/mol. The Labute approximate surface area is 242 Å². The lowest BCUT2D eigenvalue weighted by Crippen LogP contribution is -2.43. The van der Waals surface area contributed by atoms with Gasteiger partial charge in [-0.2, -0.15) is 0 Å². The summed E-state index contributed by atoms with van der Waals surface area (Å²) in [5.74, 6) is 0.361. The van der Waals surface area contributed by atoms with Crippen LogP contribution in [0.5, 0.6) is 11.5 Å². The van der Waals surface area contributed by atoms with Crippen molar-refractivity contribution in [1.82, 2.24) is 4.90 Å². The topological polar surface area (TPSA) is 58.6 Å². The van der Waals surface area contributed by atoms with Crippen LogP contribution in [0.15, 0.2) is 97.1 Å². The van der Waals surface area contributed by atoms with Gasteiger partial charge in [0.15, 0.2) is 0 Å². The first-order chi connectivity index (χ1) is 19.4. The quantitative estimate of drug-likeness (QED) is 0.235. The number of nitrogens with zero attached hydrogens (tertiary/aromatic N) is 1. The van der Waals surface area contributed by atoms with Gasteiger partial charge in [0, 0.05) is 22.3 Å². The van der Waals surface area contributed by atoms with Gasteiger partial charge in [0.05, 0.1) is 6.42 Å². The molecule has 0 aromatic heterocycles. The van der Waals surface area contributed by atoms with Gasteiger partial charge >= 0.3 is 0 Å². The number of nitrogens with one attached hydrogen (secondary N) is 1. The number of hydrogen-bond donors (Lipinski definition) is 1. The molecular formula is C32H27Cl2FN2O3. The van der Waals surface area contributed by atoms with E-state index in [1.807, 2.05) is 18.2 Å². The van der Waals surface area contributed by atoms with Crippen LogP contribution in [0.1, 0.15) is 17.5 Å². The molecule has 1 aliphatic heterocycles. The number of amides is 2. The van der Waals surface area contributed by atoms with Crippen molar-refractivity contribution >= 4 is 40.7 Å². The summed E-state index contributed by atoms with van der Waals surface area (Å²) in [5, 5.41) is 3.79. The fourth-order valence-corrected chi connectivity index (χ4v) is 5.50. The Balaban J connectivity index is 1.30. The Hall–Kier alpha value is -3.87. The third-order valence-corrected chi connectivity index (χ3v) is 7.65. The lowest BCUT2D eigenvalue weighted by atomic mass is 9.96. The fraction of sp³-hybridized carbons (Fsp3) is 0.188. The van der Waals surface area contributed by atoms with E-state index in [0.29, 0.717) is 45.8 Å². The van der Waals surface area contributed by atoms with Crippen LogP contribution in [0.4, 0.5) is 10.1 Å². The molecule has 0 spiro atoms.